The summed E-state index contributed by atoms with van der Waals surface area (Å²) in [6.07, 6.45) is 0.956. The zero-order chi connectivity index (χ0) is 22.3. The number of anilines is 1. The Labute approximate surface area is 191 Å². The van der Waals surface area contributed by atoms with E-state index in [1.165, 1.54) is 16.9 Å². The largest absolute Gasteiger partial charge is 0.484 e. The fraction of sp³-hybridized carbons (Fsp3) is 0.292. The summed E-state index contributed by atoms with van der Waals surface area (Å²) in [5, 5.41) is 5.30. The molecule has 8 heteroatoms. The molecule has 1 aromatic heterocycles. The van der Waals surface area contributed by atoms with Gasteiger partial charge >= 0.3 is 0 Å². The van der Waals surface area contributed by atoms with Crippen molar-refractivity contribution in [2.24, 2.45) is 0 Å². The van der Waals surface area contributed by atoms with Gasteiger partial charge in [-0.25, -0.2) is 4.98 Å². The van der Waals surface area contributed by atoms with Crippen LogP contribution in [0.5, 0.6) is 5.75 Å². The molecule has 2 amide bonds. The molecule has 4 rings (SSSR count). The van der Waals surface area contributed by atoms with Crippen LogP contribution in [0.4, 0.5) is 5.13 Å². The molecule has 0 atom stereocenters. The summed E-state index contributed by atoms with van der Waals surface area (Å²) in [4.78, 5) is 31.2. The van der Waals surface area contributed by atoms with Crippen LogP contribution in [0.15, 0.2) is 53.9 Å². The van der Waals surface area contributed by atoms with Crippen LogP contribution in [-0.2, 0) is 16.0 Å². The smallest absolute Gasteiger partial charge is 0.260 e. The highest BCUT2D eigenvalue weighted by Gasteiger charge is 2.17. The average molecular weight is 452 g/mol. The third-order valence-corrected chi connectivity index (χ3v) is 5.94. The topological polar surface area (TPSA) is 80.8 Å². The van der Waals surface area contributed by atoms with Gasteiger partial charge in [-0.2, -0.15) is 0 Å². The number of nitrogens with zero attached hydrogens (tertiary/aromatic N) is 2. The summed E-state index contributed by atoms with van der Waals surface area (Å²) in [5.74, 6) is 0.0965. The van der Waals surface area contributed by atoms with Gasteiger partial charge in [0.2, 0.25) is 0 Å². The van der Waals surface area contributed by atoms with Gasteiger partial charge in [0.25, 0.3) is 11.8 Å². The molecule has 1 saturated heterocycles. The normalized spacial score (nSPS) is 13.6. The zero-order valence-corrected chi connectivity index (χ0v) is 18.7. The maximum Gasteiger partial charge on any atom is 0.260 e. The monoisotopic (exact) mass is 451 g/mol. The van der Waals surface area contributed by atoms with Crippen LogP contribution in [0.1, 0.15) is 22.8 Å². The number of hydrogen-bond donors (Lipinski definition) is 1. The maximum atomic E-state index is 12.7. The lowest BCUT2D eigenvalue weighted by atomic mass is 10.1. The standard InChI is InChI=1S/C24H25N3O4S/c1-2-17-5-3-6-18(13-17)21-16-32-24(25-21)26-23(29)19-7-4-8-20(14-19)31-15-22(28)27-9-11-30-12-10-27/h3-8,13-14,16H,2,9-12,15H2,1H3,(H,25,26,29). The van der Waals surface area contributed by atoms with Crippen molar-refractivity contribution in [2.75, 3.05) is 38.2 Å². The number of nitrogens with one attached hydrogen (secondary N) is 1. The van der Waals surface area contributed by atoms with Gasteiger partial charge in [-0.1, -0.05) is 31.2 Å². The van der Waals surface area contributed by atoms with Gasteiger partial charge in [-0.05, 0) is 36.2 Å². The lowest BCUT2D eigenvalue weighted by molar-refractivity contribution is -0.137. The van der Waals surface area contributed by atoms with Crippen molar-refractivity contribution >= 4 is 28.3 Å². The molecular formula is C24H25N3O4S. The van der Waals surface area contributed by atoms with Crippen molar-refractivity contribution in [1.82, 2.24) is 9.88 Å². The highest BCUT2D eigenvalue weighted by atomic mass is 32.1. The number of ether oxygens (including phenoxy) is 2. The van der Waals surface area contributed by atoms with Crippen LogP contribution in [0, 0.1) is 0 Å². The lowest BCUT2D eigenvalue weighted by Crippen LogP contribution is -2.42. The Kier molecular flexibility index (Phi) is 7.14. The van der Waals surface area contributed by atoms with E-state index >= 15 is 0 Å². The molecule has 0 aliphatic carbocycles. The highest BCUT2D eigenvalue weighted by Crippen LogP contribution is 2.26. The predicted octanol–water partition coefficient (Wildman–Crippen LogP) is 3.86. The molecule has 1 fully saturated rings. The second-order valence-corrected chi connectivity index (χ2v) is 8.21. The predicted molar refractivity (Wildman–Crippen MR) is 124 cm³/mol. The van der Waals surface area contributed by atoms with E-state index in [0.717, 1.165) is 17.7 Å². The summed E-state index contributed by atoms with van der Waals surface area (Å²) in [6.45, 7) is 4.28. The fourth-order valence-corrected chi connectivity index (χ4v) is 4.07. The Hall–Kier alpha value is -3.23. The maximum absolute atomic E-state index is 12.7. The van der Waals surface area contributed by atoms with E-state index in [1.807, 2.05) is 17.5 Å². The number of aryl methyl sites for hydroxylation is 1. The van der Waals surface area contributed by atoms with Gasteiger partial charge in [0, 0.05) is 29.6 Å². The first-order valence-corrected chi connectivity index (χ1v) is 11.4. The molecule has 1 N–H and O–H groups in total. The molecule has 0 bridgehead atoms. The minimum absolute atomic E-state index is 0.0717. The number of benzene rings is 2. The van der Waals surface area contributed by atoms with Crippen molar-refractivity contribution in [1.29, 1.82) is 0 Å². The van der Waals surface area contributed by atoms with Crippen molar-refractivity contribution in [3.63, 3.8) is 0 Å². The Morgan fingerprint density at radius 1 is 1.16 bits per heavy atom. The van der Waals surface area contributed by atoms with Gasteiger partial charge in [-0.15, -0.1) is 11.3 Å². The number of morpholine rings is 1. The molecule has 1 aliphatic heterocycles. The quantitative estimate of drug-likeness (QED) is 0.590. The number of thiazole rings is 1. The van der Waals surface area contributed by atoms with E-state index in [9.17, 15) is 9.59 Å². The van der Waals surface area contributed by atoms with E-state index in [0.29, 0.717) is 42.7 Å². The van der Waals surface area contributed by atoms with Gasteiger partial charge in [0.15, 0.2) is 11.7 Å². The number of amides is 2. The first-order chi connectivity index (χ1) is 15.6. The highest BCUT2D eigenvalue weighted by molar-refractivity contribution is 7.14. The summed E-state index contributed by atoms with van der Waals surface area (Å²) < 4.78 is 10.9. The summed E-state index contributed by atoms with van der Waals surface area (Å²) >= 11 is 1.38. The van der Waals surface area contributed by atoms with Gasteiger partial charge < -0.3 is 14.4 Å². The Bertz CT molecular complexity index is 1090. The molecule has 2 aromatic carbocycles. The molecule has 7 nitrogen and oxygen atoms in total. The molecule has 0 radical (unpaired) electrons. The average Bonchev–Trinajstić information content (AvgIpc) is 3.32. The summed E-state index contributed by atoms with van der Waals surface area (Å²) in [7, 11) is 0. The van der Waals surface area contributed by atoms with Crippen molar-refractivity contribution in [3.8, 4) is 17.0 Å². The minimum Gasteiger partial charge on any atom is -0.484 e. The Balaban J connectivity index is 1.36. The fourth-order valence-electron chi connectivity index (χ4n) is 3.36. The summed E-state index contributed by atoms with van der Waals surface area (Å²) in [6, 6.07) is 15.0. The zero-order valence-electron chi connectivity index (χ0n) is 17.9. The molecule has 32 heavy (non-hydrogen) atoms. The van der Waals surface area contributed by atoms with Crippen LogP contribution in [0.3, 0.4) is 0 Å². The third-order valence-electron chi connectivity index (χ3n) is 5.18. The molecule has 2 heterocycles. The van der Waals surface area contributed by atoms with Gasteiger partial charge in [0.05, 0.1) is 18.9 Å². The number of carbonyl (C=O) groups excluding carboxylic acids is 2. The Morgan fingerprint density at radius 3 is 2.78 bits per heavy atom. The number of aromatic nitrogens is 1. The molecule has 166 valence electrons. The number of carbonyl (C=O) groups is 2. The molecule has 0 spiro atoms. The Morgan fingerprint density at radius 2 is 1.97 bits per heavy atom. The van der Waals surface area contributed by atoms with Crippen LogP contribution in [-0.4, -0.2) is 54.6 Å². The van der Waals surface area contributed by atoms with Crippen LogP contribution in [0.2, 0.25) is 0 Å². The second kappa shape index (κ2) is 10.4. The first-order valence-electron chi connectivity index (χ1n) is 10.6. The van der Waals surface area contributed by atoms with Crippen LogP contribution >= 0.6 is 11.3 Å². The van der Waals surface area contributed by atoms with E-state index in [4.69, 9.17) is 9.47 Å². The molecule has 3 aromatic rings. The van der Waals surface area contributed by atoms with Crippen LogP contribution in [0.25, 0.3) is 11.3 Å². The van der Waals surface area contributed by atoms with E-state index in [2.05, 4.69) is 29.4 Å². The SMILES string of the molecule is CCc1cccc(-c2csc(NC(=O)c3cccc(OCC(=O)N4CCOCC4)c3)n2)c1. The molecule has 0 saturated carbocycles. The molecule has 1 aliphatic rings. The summed E-state index contributed by atoms with van der Waals surface area (Å²) in [5.41, 5.74) is 3.54. The molecular weight excluding hydrogens is 426 g/mol. The van der Waals surface area contributed by atoms with Gasteiger partial charge in [0.1, 0.15) is 5.75 Å². The molecule has 0 unspecified atom stereocenters. The van der Waals surface area contributed by atoms with Crippen molar-refractivity contribution < 1.29 is 19.1 Å². The van der Waals surface area contributed by atoms with Crippen LogP contribution < -0.4 is 10.1 Å². The number of hydrogen-bond acceptors (Lipinski definition) is 6. The van der Waals surface area contributed by atoms with Crippen molar-refractivity contribution in [2.45, 2.75) is 13.3 Å². The van der Waals surface area contributed by atoms with Crippen molar-refractivity contribution in [3.05, 3.63) is 65.0 Å². The first kappa shape index (κ1) is 22.0. The van der Waals surface area contributed by atoms with E-state index < -0.39 is 0 Å². The second-order valence-electron chi connectivity index (χ2n) is 7.36. The minimum atomic E-state index is -0.279. The van der Waals surface area contributed by atoms with E-state index in [1.54, 1.807) is 29.2 Å². The lowest BCUT2D eigenvalue weighted by Gasteiger charge is -2.26. The van der Waals surface area contributed by atoms with Gasteiger partial charge in [-0.3, -0.25) is 14.9 Å². The third kappa shape index (κ3) is 5.52. The number of rotatable bonds is 7. The van der Waals surface area contributed by atoms with E-state index in [-0.39, 0.29) is 18.4 Å².